The third-order valence-electron chi connectivity index (χ3n) is 4.40. The summed E-state index contributed by atoms with van der Waals surface area (Å²) >= 11 is 0. The zero-order valence-electron chi connectivity index (χ0n) is 14.1. The Hall–Kier alpha value is -2.78. The van der Waals surface area contributed by atoms with Crippen LogP contribution in [0.5, 0.6) is 0 Å². The number of carbonyl (C=O) groups is 2. The van der Waals surface area contributed by atoms with Crippen molar-refractivity contribution in [3.63, 3.8) is 0 Å². The Bertz CT molecular complexity index is 754. The summed E-state index contributed by atoms with van der Waals surface area (Å²) in [6.07, 6.45) is 3.88. The minimum absolute atomic E-state index is 0.0737. The molecule has 1 N–H and O–H groups in total. The van der Waals surface area contributed by atoms with Crippen molar-refractivity contribution in [2.75, 3.05) is 13.1 Å². The highest BCUT2D eigenvalue weighted by molar-refractivity contribution is 5.76. The van der Waals surface area contributed by atoms with Crippen LogP contribution in [-0.2, 0) is 22.7 Å². The molecule has 2 aromatic rings. The van der Waals surface area contributed by atoms with Gasteiger partial charge in [0.25, 0.3) is 0 Å². The third kappa shape index (κ3) is 4.20. The van der Waals surface area contributed by atoms with Gasteiger partial charge in [0.2, 0.25) is 5.91 Å². The Morgan fingerprint density at radius 2 is 2.24 bits per heavy atom. The Kier molecular flexibility index (Phi) is 5.05. The second-order valence-electron chi connectivity index (χ2n) is 6.21. The zero-order chi connectivity index (χ0) is 17.8. The molecule has 1 fully saturated rings. The lowest BCUT2D eigenvalue weighted by Gasteiger charge is -2.32. The van der Waals surface area contributed by atoms with E-state index in [1.807, 2.05) is 11.0 Å². The Morgan fingerprint density at radius 3 is 2.96 bits per heavy atom. The molecule has 1 saturated heterocycles. The van der Waals surface area contributed by atoms with Gasteiger partial charge in [-0.3, -0.25) is 14.3 Å². The van der Waals surface area contributed by atoms with Crippen molar-refractivity contribution in [3.05, 3.63) is 23.8 Å². The van der Waals surface area contributed by atoms with Crippen molar-refractivity contribution in [2.24, 2.45) is 0 Å². The molecular formula is C15H21N7O3. The van der Waals surface area contributed by atoms with Crippen molar-refractivity contribution >= 4 is 11.9 Å². The predicted octanol–water partition coefficient (Wildman–Crippen LogP) is 0.0589. The Morgan fingerprint density at radius 1 is 1.40 bits per heavy atom. The van der Waals surface area contributed by atoms with E-state index in [0.29, 0.717) is 25.3 Å². The highest BCUT2D eigenvalue weighted by Crippen LogP contribution is 2.26. The molecule has 1 aliphatic heterocycles. The van der Waals surface area contributed by atoms with E-state index >= 15 is 0 Å². The number of aryl methyl sites for hydroxylation is 2. The molecule has 0 unspecified atom stereocenters. The van der Waals surface area contributed by atoms with Crippen LogP contribution in [0.1, 0.15) is 36.7 Å². The number of piperidine rings is 1. The van der Waals surface area contributed by atoms with Crippen LogP contribution in [0.2, 0.25) is 0 Å². The summed E-state index contributed by atoms with van der Waals surface area (Å²) in [5, 5.41) is 24.4. The van der Waals surface area contributed by atoms with Gasteiger partial charge in [0.15, 0.2) is 0 Å². The molecule has 1 atom stereocenters. The number of amides is 1. The molecule has 0 saturated carbocycles. The summed E-state index contributed by atoms with van der Waals surface area (Å²) in [5.41, 5.74) is 0.843. The molecular weight excluding hydrogens is 326 g/mol. The van der Waals surface area contributed by atoms with Crippen molar-refractivity contribution in [2.45, 2.75) is 45.2 Å². The molecule has 10 nitrogen and oxygen atoms in total. The summed E-state index contributed by atoms with van der Waals surface area (Å²) in [7, 11) is 0. The first kappa shape index (κ1) is 17.1. The van der Waals surface area contributed by atoms with Gasteiger partial charge in [-0.2, -0.15) is 5.10 Å². The molecule has 0 aromatic carbocycles. The molecule has 0 spiro atoms. The van der Waals surface area contributed by atoms with Crippen LogP contribution in [0.15, 0.2) is 12.3 Å². The lowest BCUT2D eigenvalue weighted by molar-refractivity contribution is -0.138. The number of aromatic nitrogens is 6. The fourth-order valence-electron chi connectivity index (χ4n) is 3.08. The molecule has 2 aromatic heterocycles. The summed E-state index contributed by atoms with van der Waals surface area (Å²) < 4.78 is 3.03. The molecule has 1 aliphatic rings. The molecule has 134 valence electrons. The molecule has 0 aliphatic carbocycles. The molecule has 0 radical (unpaired) electrons. The molecule has 0 bridgehead atoms. The fraction of sp³-hybridized carbons (Fsp3) is 0.600. The maximum Gasteiger partial charge on any atom is 0.325 e. The van der Waals surface area contributed by atoms with E-state index < -0.39 is 5.97 Å². The number of hydrogen-bond acceptors (Lipinski definition) is 6. The van der Waals surface area contributed by atoms with Crippen LogP contribution in [0.3, 0.4) is 0 Å². The number of aliphatic carboxylic acids is 1. The number of carbonyl (C=O) groups excluding carboxylic acids is 1. The zero-order valence-corrected chi connectivity index (χ0v) is 14.1. The van der Waals surface area contributed by atoms with Gasteiger partial charge in [-0.05, 0) is 36.3 Å². The number of carboxylic acid groups (broad SMARTS) is 1. The van der Waals surface area contributed by atoms with Crippen LogP contribution in [-0.4, -0.2) is 65.0 Å². The smallest absolute Gasteiger partial charge is 0.325 e. The molecule has 3 heterocycles. The highest BCUT2D eigenvalue weighted by Gasteiger charge is 2.26. The summed E-state index contributed by atoms with van der Waals surface area (Å²) in [6, 6.07) is 1.84. The molecule has 10 heteroatoms. The van der Waals surface area contributed by atoms with Crippen LogP contribution in [0, 0.1) is 6.92 Å². The maximum absolute atomic E-state index is 12.5. The monoisotopic (exact) mass is 347 g/mol. The number of carboxylic acids is 1. The van der Waals surface area contributed by atoms with Crippen LogP contribution < -0.4 is 0 Å². The number of tetrazole rings is 1. The van der Waals surface area contributed by atoms with Crippen molar-refractivity contribution < 1.29 is 14.7 Å². The van der Waals surface area contributed by atoms with Gasteiger partial charge in [0.1, 0.15) is 12.4 Å². The lowest BCUT2D eigenvalue weighted by atomic mass is 9.95. The minimum Gasteiger partial charge on any atom is -0.480 e. The van der Waals surface area contributed by atoms with Gasteiger partial charge < -0.3 is 10.0 Å². The standard InChI is InChI=1S/C15H21N7O3/c1-11-16-18-19-22(11)8-5-14(23)20-6-2-3-12(9-20)13-4-7-21(17-13)10-15(24)25/h4,7,12H,2-3,5-6,8-10H2,1H3,(H,24,25)/t12-/m1/s1. The Labute approximate surface area is 144 Å². The summed E-state index contributed by atoms with van der Waals surface area (Å²) in [4.78, 5) is 25.1. The first-order valence-corrected chi connectivity index (χ1v) is 8.28. The predicted molar refractivity (Wildman–Crippen MR) is 85.6 cm³/mol. The second-order valence-corrected chi connectivity index (χ2v) is 6.21. The first-order chi connectivity index (χ1) is 12.0. The van der Waals surface area contributed by atoms with Gasteiger partial charge in [-0.1, -0.05) is 0 Å². The van der Waals surface area contributed by atoms with Crippen molar-refractivity contribution in [3.8, 4) is 0 Å². The van der Waals surface area contributed by atoms with Crippen molar-refractivity contribution in [1.29, 1.82) is 0 Å². The van der Waals surface area contributed by atoms with Gasteiger partial charge in [0, 0.05) is 31.6 Å². The van der Waals surface area contributed by atoms with Crippen LogP contribution in [0.4, 0.5) is 0 Å². The van der Waals surface area contributed by atoms with E-state index in [1.165, 1.54) is 4.68 Å². The van der Waals surface area contributed by atoms with E-state index in [1.54, 1.807) is 17.8 Å². The molecule has 25 heavy (non-hydrogen) atoms. The Balaban J connectivity index is 1.57. The minimum atomic E-state index is -0.923. The lowest BCUT2D eigenvalue weighted by Crippen LogP contribution is -2.39. The van der Waals surface area contributed by atoms with E-state index in [0.717, 1.165) is 25.1 Å². The van der Waals surface area contributed by atoms with E-state index in [4.69, 9.17) is 5.11 Å². The second kappa shape index (κ2) is 7.41. The normalized spacial score (nSPS) is 17.6. The maximum atomic E-state index is 12.5. The molecule has 3 rings (SSSR count). The highest BCUT2D eigenvalue weighted by atomic mass is 16.4. The molecule has 1 amide bonds. The number of rotatable bonds is 6. The SMILES string of the molecule is Cc1nnnn1CCC(=O)N1CCC[C@@H](c2ccn(CC(=O)O)n2)C1. The van der Waals surface area contributed by atoms with Crippen molar-refractivity contribution in [1.82, 2.24) is 34.9 Å². The van der Waals surface area contributed by atoms with Crippen LogP contribution in [0.25, 0.3) is 0 Å². The quantitative estimate of drug-likeness (QED) is 0.784. The average Bonchev–Trinajstić information content (AvgIpc) is 3.21. The van der Waals surface area contributed by atoms with Gasteiger partial charge >= 0.3 is 5.97 Å². The average molecular weight is 347 g/mol. The third-order valence-corrected chi connectivity index (χ3v) is 4.40. The fourth-order valence-corrected chi connectivity index (χ4v) is 3.08. The van der Waals surface area contributed by atoms with E-state index in [9.17, 15) is 9.59 Å². The summed E-state index contributed by atoms with van der Waals surface area (Å²) in [5.74, 6) is -0.0200. The topological polar surface area (TPSA) is 119 Å². The van der Waals surface area contributed by atoms with Gasteiger partial charge in [-0.25, -0.2) is 4.68 Å². The van der Waals surface area contributed by atoms with E-state index in [-0.39, 0.29) is 18.4 Å². The number of hydrogen-bond donors (Lipinski definition) is 1. The largest absolute Gasteiger partial charge is 0.480 e. The summed E-state index contributed by atoms with van der Waals surface area (Å²) in [6.45, 7) is 3.46. The van der Waals surface area contributed by atoms with Gasteiger partial charge in [-0.15, -0.1) is 5.10 Å². The van der Waals surface area contributed by atoms with Gasteiger partial charge in [0.05, 0.1) is 12.2 Å². The number of nitrogens with zero attached hydrogens (tertiary/aromatic N) is 7. The van der Waals surface area contributed by atoms with Crippen LogP contribution >= 0.6 is 0 Å². The number of likely N-dealkylation sites (tertiary alicyclic amines) is 1. The first-order valence-electron chi connectivity index (χ1n) is 8.28. The van der Waals surface area contributed by atoms with E-state index in [2.05, 4.69) is 20.6 Å².